The summed E-state index contributed by atoms with van der Waals surface area (Å²) in [6.45, 7) is 0. The Hall–Kier alpha value is -1.72. The van der Waals surface area contributed by atoms with Crippen molar-refractivity contribution in [2.45, 2.75) is 6.42 Å². The number of thiophene rings is 1. The molecule has 0 aliphatic carbocycles. The van der Waals surface area contributed by atoms with Crippen LogP contribution in [0.15, 0.2) is 46.3 Å². The molecule has 0 saturated carbocycles. The van der Waals surface area contributed by atoms with Crippen LogP contribution in [0.2, 0.25) is 0 Å². The van der Waals surface area contributed by atoms with Crippen LogP contribution < -0.4 is 5.73 Å². The summed E-state index contributed by atoms with van der Waals surface area (Å²) in [6.07, 6.45) is 0.348. The zero-order valence-electron chi connectivity index (χ0n) is 10.5. The predicted molar refractivity (Wildman–Crippen MR) is 86.2 cm³/mol. The van der Waals surface area contributed by atoms with Crippen LogP contribution in [0.5, 0.6) is 0 Å². The maximum atomic E-state index is 12.3. The third-order valence-electron chi connectivity index (χ3n) is 3.00. The Labute approximate surface area is 128 Å². The van der Waals surface area contributed by atoms with E-state index in [4.69, 9.17) is 5.73 Å². The first kappa shape index (κ1) is 13.3. The summed E-state index contributed by atoms with van der Waals surface area (Å²) in [5, 5.41) is 0.878. The van der Waals surface area contributed by atoms with Crippen LogP contribution in [0, 0.1) is 0 Å². The average Bonchev–Trinajstić information content (AvgIpc) is 2.84. The van der Waals surface area contributed by atoms with E-state index >= 15 is 0 Å². The maximum absolute atomic E-state index is 12.3. The molecule has 3 rings (SSSR count). The van der Waals surface area contributed by atoms with Gasteiger partial charge >= 0.3 is 0 Å². The number of Topliss-reactive ketones (excluding diaryl/α,β-unsaturated/α-hetero) is 1. The number of hydrogen-bond acceptors (Lipinski definition) is 4. The number of rotatable bonds is 3. The number of pyridine rings is 1. The van der Waals surface area contributed by atoms with Gasteiger partial charge in [0.2, 0.25) is 0 Å². The van der Waals surface area contributed by atoms with E-state index in [0.717, 1.165) is 19.6 Å². The lowest BCUT2D eigenvalue weighted by Crippen LogP contribution is -2.06. The van der Waals surface area contributed by atoms with E-state index in [2.05, 4.69) is 20.9 Å². The molecule has 3 nitrogen and oxygen atoms in total. The lowest BCUT2D eigenvalue weighted by molar-refractivity contribution is 0.0989. The number of aromatic nitrogens is 1. The second kappa shape index (κ2) is 5.34. The number of halogens is 1. The molecule has 2 heterocycles. The molecule has 0 aliphatic rings. The molecule has 0 aliphatic heterocycles. The summed E-state index contributed by atoms with van der Waals surface area (Å²) in [5.41, 5.74) is 7.76. The molecule has 0 amide bonds. The van der Waals surface area contributed by atoms with Crippen molar-refractivity contribution in [3.8, 4) is 0 Å². The van der Waals surface area contributed by atoms with Crippen molar-refractivity contribution in [2.75, 3.05) is 5.73 Å². The van der Waals surface area contributed by atoms with Crippen molar-refractivity contribution in [3.05, 3.63) is 56.8 Å². The number of fused-ring (bicyclic) bond motifs is 1. The summed E-state index contributed by atoms with van der Waals surface area (Å²) in [6, 6.07) is 13.1. The first-order valence-electron chi connectivity index (χ1n) is 6.06. The van der Waals surface area contributed by atoms with Gasteiger partial charge in [-0.1, -0.05) is 18.2 Å². The molecular weight excluding hydrogens is 336 g/mol. The number of para-hydroxylation sites is 1. The van der Waals surface area contributed by atoms with Gasteiger partial charge in [0.1, 0.15) is 5.69 Å². The Balaban J connectivity index is 1.95. The van der Waals surface area contributed by atoms with E-state index in [9.17, 15) is 4.79 Å². The van der Waals surface area contributed by atoms with Crippen molar-refractivity contribution >= 4 is 49.6 Å². The maximum Gasteiger partial charge on any atom is 0.186 e. The second-order valence-electron chi connectivity index (χ2n) is 4.42. The summed E-state index contributed by atoms with van der Waals surface area (Å²) in [4.78, 5) is 17.7. The average molecular weight is 347 g/mol. The number of nitrogens with two attached hydrogens (primary N) is 1. The van der Waals surface area contributed by atoms with Gasteiger partial charge in [0.05, 0.1) is 9.30 Å². The smallest absolute Gasteiger partial charge is 0.186 e. The highest BCUT2D eigenvalue weighted by atomic mass is 79.9. The fourth-order valence-corrected chi connectivity index (χ4v) is 3.52. The molecule has 100 valence electrons. The number of ketones is 1. The highest BCUT2D eigenvalue weighted by molar-refractivity contribution is 9.11. The molecule has 5 heteroatoms. The van der Waals surface area contributed by atoms with E-state index in [1.54, 1.807) is 17.4 Å². The molecule has 0 saturated heterocycles. The van der Waals surface area contributed by atoms with Crippen molar-refractivity contribution < 1.29 is 4.79 Å². The summed E-state index contributed by atoms with van der Waals surface area (Å²) in [5.74, 6) is -0.0168. The van der Waals surface area contributed by atoms with Gasteiger partial charge in [-0.2, -0.15) is 0 Å². The lowest BCUT2D eigenvalue weighted by Gasteiger charge is -2.05. The van der Waals surface area contributed by atoms with E-state index in [-0.39, 0.29) is 5.78 Å². The molecule has 0 spiro atoms. The van der Waals surface area contributed by atoms with Crippen LogP contribution >= 0.6 is 27.3 Å². The predicted octanol–water partition coefficient (Wildman–Crippen LogP) is 4.07. The largest absolute Gasteiger partial charge is 0.398 e. The van der Waals surface area contributed by atoms with Crippen molar-refractivity contribution in [1.29, 1.82) is 0 Å². The normalized spacial score (nSPS) is 10.8. The van der Waals surface area contributed by atoms with Crippen LogP contribution in [0.1, 0.15) is 15.4 Å². The van der Waals surface area contributed by atoms with Gasteiger partial charge in [-0.05, 0) is 40.2 Å². The van der Waals surface area contributed by atoms with E-state index in [0.29, 0.717) is 17.8 Å². The first-order chi connectivity index (χ1) is 9.63. The number of hydrogen-bond donors (Lipinski definition) is 1. The third kappa shape index (κ3) is 2.59. The van der Waals surface area contributed by atoms with Gasteiger partial charge in [-0.25, -0.2) is 4.98 Å². The SMILES string of the molecule is Nc1cc(C(=O)Cc2ccc(Br)s2)nc2ccccc12. The van der Waals surface area contributed by atoms with Gasteiger partial charge in [0.25, 0.3) is 0 Å². The van der Waals surface area contributed by atoms with Gasteiger partial charge < -0.3 is 5.73 Å². The Morgan fingerprint density at radius 2 is 2.05 bits per heavy atom. The summed E-state index contributed by atoms with van der Waals surface area (Å²) >= 11 is 4.95. The third-order valence-corrected chi connectivity index (χ3v) is 4.62. The number of carbonyl (C=O) groups excluding carboxylic acids is 1. The Bertz CT molecular complexity index is 797. The lowest BCUT2D eigenvalue weighted by atomic mass is 10.1. The molecule has 2 N–H and O–H groups in total. The molecule has 1 aromatic carbocycles. The summed E-state index contributed by atoms with van der Waals surface area (Å²) < 4.78 is 1.02. The van der Waals surface area contributed by atoms with Crippen molar-refractivity contribution in [2.24, 2.45) is 0 Å². The standard InChI is InChI=1S/C15H11BrN2OS/c16-15-6-5-9(20-15)7-14(19)13-8-11(17)10-3-1-2-4-12(10)18-13/h1-6,8H,7H2,(H2,17,18). The Morgan fingerprint density at radius 1 is 1.25 bits per heavy atom. The highest BCUT2D eigenvalue weighted by Gasteiger charge is 2.12. The van der Waals surface area contributed by atoms with Gasteiger partial charge in [-0.3, -0.25) is 4.79 Å². The van der Waals surface area contributed by atoms with Crippen LogP contribution in [0.4, 0.5) is 5.69 Å². The number of anilines is 1. The minimum Gasteiger partial charge on any atom is -0.398 e. The fraction of sp³-hybridized carbons (Fsp3) is 0.0667. The molecule has 0 unspecified atom stereocenters. The minimum absolute atomic E-state index is 0.0168. The van der Waals surface area contributed by atoms with E-state index in [1.807, 2.05) is 36.4 Å². The molecule has 2 aromatic heterocycles. The molecule has 0 bridgehead atoms. The van der Waals surface area contributed by atoms with Crippen molar-refractivity contribution in [3.63, 3.8) is 0 Å². The van der Waals surface area contributed by atoms with Crippen LogP contribution in [-0.4, -0.2) is 10.8 Å². The van der Waals surface area contributed by atoms with Crippen LogP contribution in [0.3, 0.4) is 0 Å². The topological polar surface area (TPSA) is 56.0 Å². The quantitative estimate of drug-likeness (QED) is 0.727. The Morgan fingerprint density at radius 3 is 2.80 bits per heavy atom. The molecule has 3 aromatic rings. The van der Waals surface area contributed by atoms with Crippen LogP contribution in [0.25, 0.3) is 10.9 Å². The van der Waals surface area contributed by atoms with Gasteiger partial charge in [0.15, 0.2) is 5.78 Å². The number of benzene rings is 1. The van der Waals surface area contributed by atoms with Gasteiger partial charge in [-0.15, -0.1) is 11.3 Å². The number of nitrogens with zero attached hydrogens (tertiary/aromatic N) is 1. The zero-order chi connectivity index (χ0) is 14.1. The molecule has 20 heavy (non-hydrogen) atoms. The molecular formula is C15H11BrN2OS. The fourth-order valence-electron chi connectivity index (χ4n) is 2.04. The van der Waals surface area contributed by atoms with Gasteiger partial charge in [0, 0.05) is 22.4 Å². The molecule has 0 radical (unpaired) electrons. The number of carbonyl (C=O) groups is 1. The monoisotopic (exact) mass is 346 g/mol. The van der Waals surface area contributed by atoms with E-state index < -0.39 is 0 Å². The first-order valence-corrected chi connectivity index (χ1v) is 7.67. The molecule has 0 fully saturated rings. The molecule has 0 atom stereocenters. The van der Waals surface area contributed by atoms with Crippen molar-refractivity contribution in [1.82, 2.24) is 4.98 Å². The highest BCUT2D eigenvalue weighted by Crippen LogP contribution is 2.24. The number of nitrogen functional groups attached to an aromatic ring is 1. The Kier molecular flexibility index (Phi) is 3.54. The zero-order valence-corrected chi connectivity index (χ0v) is 12.9. The van der Waals surface area contributed by atoms with Crippen LogP contribution in [-0.2, 0) is 6.42 Å². The summed E-state index contributed by atoms with van der Waals surface area (Å²) in [7, 11) is 0. The minimum atomic E-state index is -0.0168. The second-order valence-corrected chi connectivity index (χ2v) is 6.97. The van der Waals surface area contributed by atoms with E-state index in [1.165, 1.54) is 0 Å².